The minimum absolute atomic E-state index is 0.0504. The van der Waals surface area contributed by atoms with Crippen molar-refractivity contribution in [3.05, 3.63) is 35.4 Å². The molecule has 138 valence electrons. The highest BCUT2D eigenvalue weighted by Crippen LogP contribution is 2.30. The van der Waals surface area contributed by atoms with Crippen molar-refractivity contribution >= 4 is 5.91 Å². The van der Waals surface area contributed by atoms with Crippen LogP contribution in [0, 0.1) is 0 Å². The van der Waals surface area contributed by atoms with E-state index in [2.05, 4.69) is 22.3 Å². The fourth-order valence-electron chi connectivity index (χ4n) is 3.83. The van der Waals surface area contributed by atoms with Gasteiger partial charge in [-0.15, -0.1) is 0 Å². The Kier molecular flexibility index (Phi) is 6.45. The number of carbonyl (C=O) groups is 1. The third-order valence-corrected chi connectivity index (χ3v) is 5.37. The number of amides is 1. The van der Waals surface area contributed by atoms with Crippen molar-refractivity contribution in [3.8, 4) is 0 Å². The third-order valence-electron chi connectivity index (χ3n) is 5.37. The van der Waals surface area contributed by atoms with Crippen LogP contribution in [-0.4, -0.2) is 47.8 Å². The normalized spacial score (nSPS) is 21.0. The van der Waals surface area contributed by atoms with Crippen LogP contribution in [0.5, 0.6) is 0 Å². The van der Waals surface area contributed by atoms with Crippen LogP contribution < -0.4 is 5.32 Å². The SMILES string of the molecule is O=C(CC1(O)CCCCC1)NCc1ccccc1CN1CCOCC1. The number of aliphatic hydroxyl groups is 1. The number of carbonyl (C=O) groups excluding carboxylic acids is 1. The third kappa shape index (κ3) is 5.53. The number of benzene rings is 1. The van der Waals surface area contributed by atoms with E-state index in [4.69, 9.17) is 4.74 Å². The van der Waals surface area contributed by atoms with Gasteiger partial charge in [-0.1, -0.05) is 43.5 Å². The first kappa shape index (κ1) is 18.4. The molecule has 2 aliphatic rings. The van der Waals surface area contributed by atoms with Crippen molar-refractivity contribution in [3.63, 3.8) is 0 Å². The first-order valence-electron chi connectivity index (χ1n) is 9.51. The number of hydrogen-bond donors (Lipinski definition) is 2. The van der Waals surface area contributed by atoms with Crippen molar-refractivity contribution in [2.75, 3.05) is 26.3 Å². The molecule has 5 heteroatoms. The van der Waals surface area contributed by atoms with Crippen molar-refractivity contribution < 1.29 is 14.6 Å². The zero-order chi connectivity index (χ0) is 17.5. The Bertz CT molecular complexity index is 564. The lowest BCUT2D eigenvalue weighted by atomic mass is 9.82. The average molecular weight is 346 g/mol. The van der Waals surface area contributed by atoms with Crippen LogP contribution >= 0.6 is 0 Å². The summed E-state index contributed by atoms with van der Waals surface area (Å²) < 4.78 is 5.41. The number of morpholine rings is 1. The van der Waals surface area contributed by atoms with Gasteiger partial charge in [0.05, 0.1) is 25.2 Å². The topological polar surface area (TPSA) is 61.8 Å². The maximum Gasteiger partial charge on any atom is 0.223 e. The molecule has 2 fully saturated rings. The average Bonchev–Trinajstić information content (AvgIpc) is 2.62. The second kappa shape index (κ2) is 8.79. The van der Waals surface area contributed by atoms with Crippen LogP contribution in [0.1, 0.15) is 49.7 Å². The molecule has 1 saturated heterocycles. The molecule has 1 aliphatic heterocycles. The maximum atomic E-state index is 12.3. The Labute approximate surface area is 150 Å². The molecule has 1 aliphatic carbocycles. The predicted octanol–water partition coefficient (Wildman–Crippen LogP) is 2.22. The summed E-state index contributed by atoms with van der Waals surface area (Å²) in [5.74, 6) is -0.0504. The molecule has 1 amide bonds. The summed E-state index contributed by atoms with van der Waals surface area (Å²) in [5, 5.41) is 13.5. The molecule has 1 saturated carbocycles. The van der Waals surface area contributed by atoms with Crippen LogP contribution in [0.25, 0.3) is 0 Å². The van der Waals surface area contributed by atoms with Gasteiger partial charge in [0.25, 0.3) is 0 Å². The number of ether oxygens (including phenoxy) is 1. The van der Waals surface area contributed by atoms with Gasteiger partial charge in [-0.25, -0.2) is 0 Å². The van der Waals surface area contributed by atoms with Crippen molar-refractivity contribution in [2.45, 2.75) is 57.2 Å². The van der Waals surface area contributed by atoms with Crippen LogP contribution in [0.2, 0.25) is 0 Å². The zero-order valence-electron chi connectivity index (χ0n) is 15.0. The second-order valence-corrected chi connectivity index (χ2v) is 7.40. The van der Waals surface area contributed by atoms with E-state index in [-0.39, 0.29) is 12.3 Å². The summed E-state index contributed by atoms with van der Waals surface area (Å²) in [4.78, 5) is 14.7. The highest BCUT2D eigenvalue weighted by atomic mass is 16.5. The first-order chi connectivity index (χ1) is 12.1. The van der Waals surface area contributed by atoms with E-state index >= 15 is 0 Å². The Morgan fingerprint density at radius 1 is 1.12 bits per heavy atom. The first-order valence-corrected chi connectivity index (χ1v) is 9.51. The van der Waals surface area contributed by atoms with Gasteiger partial charge in [-0.2, -0.15) is 0 Å². The van der Waals surface area contributed by atoms with Gasteiger partial charge in [-0.05, 0) is 24.0 Å². The Morgan fingerprint density at radius 3 is 2.52 bits per heavy atom. The number of rotatable bonds is 6. The van der Waals surface area contributed by atoms with E-state index < -0.39 is 5.60 Å². The maximum absolute atomic E-state index is 12.3. The van der Waals surface area contributed by atoms with Crippen LogP contribution in [0.15, 0.2) is 24.3 Å². The molecule has 2 N–H and O–H groups in total. The minimum atomic E-state index is -0.796. The largest absolute Gasteiger partial charge is 0.389 e. The molecule has 0 bridgehead atoms. The molecule has 1 aromatic carbocycles. The lowest BCUT2D eigenvalue weighted by Gasteiger charge is -2.31. The lowest BCUT2D eigenvalue weighted by Crippen LogP contribution is -2.38. The standard InChI is InChI=1S/C20H30N2O3/c23-19(14-20(24)8-4-1-5-9-20)21-15-17-6-2-3-7-18(17)16-22-10-12-25-13-11-22/h2-3,6-7,24H,1,4-5,8-16H2,(H,21,23). The number of hydrogen-bond acceptors (Lipinski definition) is 4. The molecule has 1 aromatic rings. The Hall–Kier alpha value is -1.43. The van der Waals surface area contributed by atoms with Gasteiger partial charge in [0, 0.05) is 26.2 Å². The molecule has 0 spiro atoms. The molecule has 0 radical (unpaired) electrons. The van der Waals surface area contributed by atoms with Gasteiger partial charge in [0.1, 0.15) is 0 Å². The van der Waals surface area contributed by atoms with Gasteiger partial charge < -0.3 is 15.2 Å². The monoisotopic (exact) mass is 346 g/mol. The van der Waals surface area contributed by atoms with E-state index in [1.807, 2.05) is 12.1 Å². The molecule has 0 unspecified atom stereocenters. The van der Waals surface area contributed by atoms with E-state index in [1.54, 1.807) is 0 Å². The molecule has 3 rings (SSSR count). The van der Waals surface area contributed by atoms with Crippen LogP contribution in [0.4, 0.5) is 0 Å². The highest BCUT2D eigenvalue weighted by Gasteiger charge is 2.31. The highest BCUT2D eigenvalue weighted by molar-refractivity contribution is 5.77. The minimum Gasteiger partial charge on any atom is -0.389 e. The van der Waals surface area contributed by atoms with E-state index in [1.165, 1.54) is 12.0 Å². The summed E-state index contributed by atoms with van der Waals surface area (Å²) in [6.45, 7) is 4.89. The summed E-state index contributed by atoms with van der Waals surface area (Å²) in [6.07, 6.45) is 4.91. The van der Waals surface area contributed by atoms with E-state index in [0.717, 1.165) is 64.1 Å². The Balaban J connectivity index is 1.52. The van der Waals surface area contributed by atoms with E-state index in [0.29, 0.717) is 6.54 Å². The van der Waals surface area contributed by atoms with Crippen LogP contribution in [0.3, 0.4) is 0 Å². The molecule has 25 heavy (non-hydrogen) atoms. The predicted molar refractivity (Wildman–Crippen MR) is 97.0 cm³/mol. The molecule has 1 heterocycles. The van der Waals surface area contributed by atoms with Gasteiger partial charge in [-0.3, -0.25) is 9.69 Å². The molecule has 0 atom stereocenters. The molecular weight excluding hydrogens is 316 g/mol. The fraction of sp³-hybridized carbons (Fsp3) is 0.650. The smallest absolute Gasteiger partial charge is 0.223 e. The van der Waals surface area contributed by atoms with Crippen molar-refractivity contribution in [1.82, 2.24) is 10.2 Å². The molecule has 0 aromatic heterocycles. The number of nitrogens with one attached hydrogen (secondary N) is 1. The Morgan fingerprint density at radius 2 is 1.80 bits per heavy atom. The van der Waals surface area contributed by atoms with Crippen LogP contribution in [-0.2, 0) is 22.6 Å². The van der Waals surface area contributed by atoms with Crippen molar-refractivity contribution in [2.24, 2.45) is 0 Å². The van der Waals surface area contributed by atoms with Gasteiger partial charge >= 0.3 is 0 Å². The quantitative estimate of drug-likeness (QED) is 0.829. The van der Waals surface area contributed by atoms with Gasteiger partial charge in [0.15, 0.2) is 0 Å². The van der Waals surface area contributed by atoms with E-state index in [9.17, 15) is 9.90 Å². The second-order valence-electron chi connectivity index (χ2n) is 7.40. The summed E-state index contributed by atoms with van der Waals surface area (Å²) in [7, 11) is 0. The van der Waals surface area contributed by atoms with Gasteiger partial charge in [0.2, 0.25) is 5.91 Å². The summed E-state index contributed by atoms with van der Waals surface area (Å²) in [5.41, 5.74) is 1.61. The summed E-state index contributed by atoms with van der Waals surface area (Å²) in [6, 6.07) is 8.27. The molecule has 5 nitrogen and oxygen atoms in total. The number of nitrogens with zero attached hydrogens (tertiary/aromatic N) is 1. The molecular formula is C20H30N2O3. The zero-order valence-corrected chi connectivity index (χ0v) is 15.0. The summed E-state index contributed by atoms with van der Waals surface area (Å²) >= 11 is 0. The van der Waals surface area contributed by atoms with Crippen molar-refractivity contribution in [1.29, 1.82) is 0 Å². The fourth-order valence-corrected chi connectivity index (χ4v) is 3.83. The lowest BCUT2D eigenvalue weighted by molar-refractivity contribution is -0.127.